The van der Waals surface area contributed by atoms with Gasteiger partial charge in [0, 0.05) is 0 Å². The number of amides is 3. The van der Waals surface area contributed by atoms with Gasteiger partial charge in [-0.25, -0.2) is 0 Å². The van der Waals surface area contributed by atoms with E-state index in [1.54, 1.807) is 38.5 Å². The molecule has 0 saturated heterocycles. The maximum Gasteiger partial charge on any atom is 0.254 e. The molecule has 4 rings (SSSR count). The van der Waals surface area contributed by atoms with Crippen molar-refractivity contribution in [2.45, 2.75) is 31.3 Å². The Bertz CT molecular complexity index is 1020. The van der Waals surface area contributed by atoms with Crippen LogP contribution in [0.5, 0.6) is 11.5 Å². The number of carbonyl (C=O) groups excluding carboxylic acids is 3. The van der Waals surface area contributed by atoms with Crippen LogP contribution in [0.4, 0.5) is 5.69 Å². The van der Waals surface area contributed by atoms with Crippen LogP contribution >= 0.6 is 0 Å². The highest BCUT2D eigenvalue weighted by Crippen LogP contribution is 2.39. The molecule has 2 aliphatic rings. The van der Waals surface area contributed by atoms with Gasteiger partial charge in [0.05, 0.1) is 37.9 Å². The van der Waals surface area contributed by atoms with E-state index in [2.05, 4.69) is 16.0 Å². The van der Waals surface area contributed by atoms with Crippen LogP contribution in [0.3, 0.4) is 0 Å². The van der Waals surface area contributed by atoms with Gasteiger partial charge in [0.2, 0.25) is 11.8 Å². The fraction of sp³-hybridized carbons (Fsp3) is 0.318. The summed E-state index contributed by atoms with van der Waals surface area (Å²) in [4.78, 5) is 37.6. The van der Waals surface area contributed by atoms with Crippen molar-refractivity contribution in [3.8, 4) is 11.5 Å². The lowest BCUT2D eigenvalue weighted by atomic mass is 10.1. The number of para-hydroxylation sites is 1. The zero-order valence-electron chi connectivity index (χ0n) is 16.8. The van der Waals surface area contributed by atoms with E-state index in [9.17, 15) is 14.4 Å². The molecular formula is C22H23N3O5. The third-order valence-electron chi connectivity index (χ3n) is 5.50. The van der Waals surface area contributed by atoms with Crippen molar-refractivity contribution in [2.75, 3.05) is 19.5 Å². The van der Waals surface area contributed by atoms with Crippen LogP contribution in [0.25, 0.3) is 0 Å². The van der Waals surface area contributed by atoms with Crippen LogP contribution in [0.1, 0.15) is 40.4 Å². The van der Waals surface area contributed by atoms with Gasteiger partial charge in [0.1, 0.15) is 6.04 Å². The van der Waals surface area contributed by atoms with Gasteiger partial charge in [-0.05, 0) is 48.2 Å². The first kappa shape index (κ1) is 19.8. The second-order valence-electron chi connectivity index (χ2n) is 7.33. The molecule has 1 heterocycles. The average molecular weight is 409 g/mol. The van der Waals surface area contributed by atoms with E-state index in [4.69, 9.17) is 9.47 Å². The molecule has 0 saturated carbocycles. The van der Waals surface area contributed by atoms with Gasteiger partial charge in [0.15, 0.2) is 11.5 Å². The van der Waals surface area contributed by atoms with Gasteiger partial charge in [-0.15, -0.1) is 0 Å². The van der Waals surface area contributed by atoms with Gasteiger partial charge >= 0.3 is 0 Å². The zero-order chi connectivity index (χ0) is 21.3. The third-order valence-corrected chi connectivity index (χ3v) is 5.50. The minimum atomic E-state index is -0.948. The van der Waals surface area contributed by atoms with Crippen molar-refractivity contribution in [1.29, 1.82) is 0 Å². The van der Waals surface area contributed by atoms with Crippen molar-refractivity contribution in [1.82, 2.24) is 10.6 Å². The lowest BCUT2D eigenvalue weighted by Crippen LogP contribution is -2.44. The molecule has 30 heavy (non-hydrogen) atoms. The fourth-order valence-electron chi connectivity index (χ4n) is 3.98. The van der Waals surface area contributed by atoms with Crippen LogP contribution in [0.2, 0.25) is 0 Å². The minimum absolute atomic E-state index is 0.148. The molecule has 0 aromatic heterocycles. The number of carbonyl (C=O) groups is 3. The number of benzene rings is 2. The molecule has 0 unspecified atom stereocenters. The summed E-state index contributed by atoms with van der Waals surface area (Å²) >= 11 is 0. The largest absolute Gasteiger partial charge is 0.493 e. The van der Waals surface area contributed by atoms with Gasteiger partial charge in [-0.3, -0.25) is 14.4 Å². The first-order valence-electron chi connectivity index (χ1n) is 9.75. The van der Waals surface area contributed by atoms with Crippen LogP contribution in [0.15, 0.2) is 36.4 Å². The van der Waals surface area contributed by atoms with E-state index in [0.717, 1.165) is 24.0 Å². The Morgan fingerprint density at radius 3 is 2.63 bits per heavy atom. The quantitative estimate of drug-likeness (QED) is 0.700. The fourth-order valence-corrected chi connectivity index (χ4v) is 3.98. The summed E-state index contributed by atoms with van der Waals surface area (Å²) in [6.07, 6.45) is 1.40. The Balaban J connectivity index is 1.45. The van der Waals surface area contributed by atoms with Crippen LogP contribution < -0.4 is 25.4 Å². The summed E-state index contributed by atoms with van der Waals surface area (Å²) in [5, 5.41) is 8.34. The number of nitrogens with one attached hydrogen (secondary N) is 3. The van der Waals surface area contributed by atoms with Gasteiger partial charge in [-0.2, -0.15) is 0 Å². The molecule has 3 amide bonds. The van der Waals surface area contributed by atoms with Crippen LogP contribution in [-0.2, 0) is 16.0 Å². The molecule has 0 bridgehead atoms. The Morgan fingerprint density at radius 2 is 1.87 bits per heavy atom. The Hall–Kier alpha value is -3.55. The highest BCUT2D eigenvalue weighted by molar-refractivity contribution is 6.10. The Labute approximate surface area is 173 Å². The number of hydrogen-bond donors (Lipinski definition) is 3. The first-order chi connectivity index (χ1) is 14.5. The van der Waals surface area contributed by atoms with E-state index >= 15 is 0 Å². The number of hydrogen-bond acceptors (Lipinski definition) is 5. The predicted molar refractivity (Wildman–Crippen MR) is 110 cm³/mol. The Kier molecular flexibility index (Phi) is 5.31. The average Bonchev–Trinajstić information content (AvgIpc) is 3.08. The summed E-state index contributed by atoms with van der Waals surface area (Å²) in [7, 11) is 3.15. The number of methoxy groups -OCH3 is 2. The lowest BCUT2D eigenvalue weighted by molar-refractivity contribution is -0.126. The molecule has 2 aromatic carbocycles. The molecule has 0 fully saturated rings. The number of ether oxygens (including phenoxy) is 2. The van der Waals surface area contributed by atoms with Crippen molar-refractivity contribution in [3.05, 3.63) is 53.1 Å². The molecule has 3 N–H and O–H groups in total. The molecule has 0 radical (unpaired) electrons. The van der Waals surface area contributed by atoms with E-state index in [0.29, 0.717) is 22.7 Å². The number of rotatable bonds is 5. The van der Waals surface area contributed by atoms with Crippen molar-refractivity contribution in [3.63, 3.8) is 0 Å². The number of aryl methyl sites for hydroxylation is 1. The van der Waals surface area contributed by atoms with Crippen molar-refractivity contribution in [2.24, 2.45) is 0 Å². The van der Waals surface area contributed by atoms with Gasteiger partial charge in [-0.1, -0.05) is 12.1 Å². The maximum absolute atomic E-state index is 12.7. The maximum atomic E-state index is 12.7. The van der Waals surface area contributed by atoms with Crippen LogP contribution in [0, 0.1) is 0 Å². The molecule has 0 spiro atoms. The highest BCUT2D eigenvalue weighted by atomic mass is 16.5. The second-order valence-corrected chi connectivity index (χ2v) is 7.33. The standard InChI is InChI=1S/C22H23N3O5/c1-29-18-9-12-7-8-16(14(12)10-19(18)30-2)23-20(26)11-17-22(28)24-15-6-4-3-5-13(15)21(27)25-17/h3-6,9-10,16-17H,7-8,11H2,1-2H3,(H,23,26)(H,24,28)(H,25,27)/t16-,17+/m1/s1. The molecule has 2 atom stereocenters. The predicted octanol–water partition coefficient (Wildman–Crippen LogP) is 1.95. The second kappa shape index (κ2) is 8.06. The minimum Gasteiger partial charge on any atom is -0.493 e. The number of fused-ring (bicyclic) bond motifs is 2. The van der Waals surface area contributed by atoms with E-state index in [1.807, 2.05) is 12.1 Å². The van der Waals surface area contributed by atoms with Gasteiger partial charge < -0.3 is 25.4 Å². The summed E-state index contributed by atoms with van der Waals surface area (Å²) in [6.45, 7) is 0. The van der Waals surface area contributed by atoms with Crippen molar-refractivity contribution < 1.29 is 23.9 Å². The molecule has 8 heteroatoms. The van der Waals surface area contributed by atoms with E-state index in [-0.39, 0.29) is 24.3 Å². The molecule has 1 aliphatic carbocycles. The molecular weight excluding hydrogens is 386 g/mol. The topological polar surface area (TPSA) is 106 Å². The van der Waals surface area contributed by atoms with E-state index < -0.39 is 11.9 Å². The molecule has 2 aromatic rings. The molecule has 8 nitrogen and oxygen atoms in total. The van der Waals surface area contributed by atoms with Crippen LogP contribution in [-0.4, -0.2) is 38.0 Å². The highest BCUT2D eigenvalue weighted by Gasteiger charge is 2.31. The SMILES string of the molecule is COc1cc2c(cc1OC)[C@H](NC(=O)C[C@@H]1NC(=O)c3ccccc3NC1=O)CC2. The lowest BCUT2D eigenvalue weighted by Gasteiger charge is -2.19. The summed E-state index contributed by atoms with van der Waals surface area (Å²) in [6, 6.07) is 9.42. The summed E-state index contributed by atoms with van der Waals surface area (Å²) in [5.74, 6) is 0.145. The Morgan fingerprint density at radius 1 is 1.13 bits per heavy atom. The zero-order valence-corrected chi connectivity index (χ0v) is 16.8. The summed E-state index contributed by atoms with van der Waals surface area (Å²) in [5.41, 5.74) is 2.88. The van der Waals surface area contributed by atoms with Crippen molar-refractivity contribution >= 4 is 23.4 Å². The van der Waals surface area contributed by atoms with Gasteiger partial charge in [0.25, 0.3) is 5.91 Å². The first-order valence-corrected chi connectivity index (χ1v) is 9.75. The number of anilines is 1. The normalized spacial score (nSPS) is 19.7. The molecule has 1 aliphatic heterocycles. The smallest absolute Gasteiger partial charge is 0.254 e. The molecule has 156 valence electrons. The monoisotopic (exact) mass is 409 g/mol. The van der Waals surface area contributed by atoms with E-state index in [1.165, 1.54) is 0 Å². The third kappa shape index (κ3) is 3.68. The summed E-state index contributed by atoms with van der Waals surface area (Å²) < 4.78 is 10.7.